The fraction of sp³-hybridized carbons (Fsp3) is 0.118. The predicted octanol–water partition coefficient (Wildman–Crippen LogP) is 3.44. The molecule has 0 atom stereocenters. The maximum absolute atomic E-state index is 12.6. The maximum atomic E-state index is 12.6. The summed E-state index contributed by atoms with van der Waals surface area (Å²) in [5.41, 5.74) is 1.92. The minimum atomic E-state index is -0.161. The van der Waals surface area contributed by atoms with Gasteiger partial charge in [0.1, 0.15) is 5.15 Å². The molecule has 5 heteroatoms. The molecule has 2 aromatic rings. The lowest BCUT2D eigenvalue weighted by molar-refractivity contribution is 0.0762. The minimum absolute atomic E-state index is 0.161. The first-order chi connectivity index (χ1) is 10.6. The Morgan fingerprint density at radius 2 is 2.23 bits per heavy atom. The number of hydrogen-bond donors (Lipinski definition) is 0. The van der Waals surface area contributed by atoms with Gasteiger partial charge in [-0.15, -0.1) is 6.58 Å². The van der Waals surface area contributed by atoms with Crippen molar-refractivity contribution in [2.24, 2.45) is 0 Å². The zero-order chi connectivity index (χ0) is 15.9. The molecule has 0 aliphatic rings. The van der Waals surface area contributed by atoms with Gasteiger partial charge in [-0.2, -0.15) is 5.26 Å². The molecule has 0 unspecified atom stereocenters. The second-order valence-electron chi connectivity index (χ2n) is 4.65. The summed E-state index contributed by atoms with van der Waals surface area (Å²) in [5.74, 6) is -0.161. The second-order valence-corrected chi connectivity index (χ2v) is 5.04. The van der Waals surface area contributed by atoms with E-state index in [1.54, 1.807) is 35.2 Å². The Labute approximate surface area is 134 Å². The average molecular weight is 312 g/mol. The Bertz CT molecular complexity index is 737. The Hall–Kier alpha value is -2.64. The third-order valence-corrected chi connectivity index (χ3v) is 3.25. The smallest absolute Gasteiger partial charge is 0.254 e. The molecule has 0 spiro atoms. The van der Waals surface area contributed by atoms with Crippen LogP contribution in [0.25, 0.3) is 0 Å². The molecule has 4 nitrogen and oxygen atoms in total. The summed E-state index contributed by atoms with van der Waals surface area (Å²) in [6.07, 6.45) is 3.16. The molecular formula is C17H14ClN3O. The first-order valence-corrected chi connectivity index (χ1v) is 7.02. The van der Waals surface area contributed by atoms with Gasteiger partial charge in [-0.25, -0.2) is 4.98 Å². The highest BCUT2D eigenvalue weighted by Gasteiger charge is 2.15. The van der Waals surface area contributed by atoms with E-state index in [2.05, 4.69) is 17.6 Å². The second kappa shape index (κ2) is 7.39. The summed E-state index contributed by atoms with van der Waals surface area (Å²) in [6.45, 7) is 4.47. The summed E-state index contributed by atoms with van der Waals surface area (Å²) < 4.78 is 0. The van der Waals surface area contributed by atoms with Gasteiger partial charge < -0.3 is 4.90 Å². The van der Waals surface area contributed by atoms with E-state index >= 15 is 0 Å². The number of nitrogens with zero attached hydrogens (tertiary/aromatic N) is 3. The van der Waals surface area contributed by atoms with Gasteiger partial charge in [-0.3, -0.25) is 4.79 Å². The molecule has 0 aliphatic heterocycles. The van der Waals surface area contributed by atoms with Crippen LogP contribution in [0.3, 0.4) is 0 Å². The number of amides is 1. The highest BCUT2D eigenvalue weighted by atomic mass is 35.5. The third kappa shape index (κ3) is 3.94. The van der Waals surface area contributed by atoms with E-state index in [-0.39, 0.29) is 11.1 Å². The number of halogens is 1. The molecule has 0 aliphatic carbocycles. The lowest BCUT2D eigenvalue weighted by atomic mass is 10.1. The van der Waals surface area contributed by atoms with Gasteiger partial charge >= 0.3 is 0 Å². The van der Waals surface area contributed by atoms with E-state index in [9.17, 15) is 4.79 Å². The Morgan fingerprint density at radius 3 is 2.91 bits per heavy atom. The minimum Gasteiger partial charge on any atom is -0.331 e. The Kier molecular flexibility index (Phi) is 5.29. The monoisotopic (exact) mass is 311 g/mol. The fourth-order valence-electron chi connectivity index (χ4n) is 2.05. The van der Waals surface area contributed by atoms with Crippen LogP contribution < -0.4 is 0 Å². The first kappa shape index (κ1) is 15.7. The number of aromatic nitrogens is 1. The van der Waals surface area contributed by atoms with Crippen molar-refractivity contribution in [1.29, 1.82) is 5.26 Å². The molecule has 0 bridgehead atoms. The maximum Gasteiger partial charge on any atom is 0.254 e. The standard InChI is InChI=1S/C17H14ClN3O/c1-2-8-21(12-14-5-3-4-13(9-14)11-19)17(22)15-6-7-20-16(18)10-15/h2-7,9-10H,1,8,12H2. The van der Waals surface area contributed by atoms with E-state index in [4.69, 9.17) is 16.9 Å². The van der Waals surface area contributed by atoms with E-state index in [1.165, 1.54) is 12.3 Å². The van der Waals surface area contributed by atoms with Gasteiger partial charge in [0, 0.05) is 24.8 Å². The quantitative estimate of drug-likeness (QED) is 0.628. The van der Waals surface area contributed by atoms with Crippen LogP contribution in [0.15, 0.2) is 55.3 Å². The van der Waals surface area contributed by atoms with Gasteiger partial charge in [-0.1, -0.05) is 29.8 Å². The SMILES string of the molecule is C=CCN(Cc1cccc(C#N)c1)C(=O)c1ccnc(Cl)c1. The molecule has 2 rings (SSSR count). The van der Waals surface area contributed by atoms with E-state index in [0.717, 1.165) is 5.56 Å². The summed E-state index contributed by atoms with van der Waals surface area (Å²) in [7, 11) is 0. The molecule has 1 heterocycles. The van der Waals surface area contributed by atoms with Crippen LogP contribution >= 0.6 is 11.6 Å². The van der Waals surface area contributed by atoms with Gasteiger partial charge in [-0.05, 0) is 29.8 Å². The lowest BCUT2D eigenvalue weighted by Crippen LogP contribution is -2.30. The molecule has 0 radical (unpaired) electrons. The molecule has 1 amide bonds. The number of hydrogen-bond acceptors (Lipinski definition) is 3. The third-order valence-electron chi connectivity index (χ3n) is 3.04. The summed E-state index contributed by atoms with van der Waals surface area (Å²) >= 11 is 5.83. The van der Waals surface area contributed by atoms with Crippen molar-refractivity contribution in [3.05, 3.63) is 77.1 Å². The van der Waals surface area contributed by atoms with Crippen LogP contribution in [0.1, 0.15) is 21.5 Å². The summed E-state index contributed by atoms with van der Waals surface area (Å²) in [4.78, 5) is 18.1. The average Bonchev–Trinajstić information content (AvgIpc) is 2.54. The molecular weight excluding hydrogens is 298 g/mol. The first-order valence-electron chi connectivity index (χ1n) is 6.65. The molecule has 0 N–H and O–H groups in total. The number of rotatable bonds is 5. The van der Waals surface area contributed by atoms with Gasteiger partial charge in [0.05, 0.1) is 11.6 Å². The lowest BCUT2D eigenvalue weighted by Gasteiger charge is -2.21. The van der Waals surface area contributed by atoms with Crippen molar-refractivity contribution >= 4 is 17.5 Å². The molecule has 110 valence electrons. The van der Waals surface area contributed by atoms with Gasteiger partial charge in [0.25, 0.3) is 5.91 Å². The summed E-state index contributed by atoms with van der Waals surface area (Å²) in [5, 5.41) is 9.22. The van der Waals surface area contributed by atoms with Crippen molar-refractivity contribution in [3.8, 4) is 6.07 Å². The number of benzene rings is 1. The van der Waals surface area contributed by atoms with Crippen LogP contribution in [-0.2, 0) is 6.54 Å². The highest BCUT2D eigenvalue weighted by molar-refractivity contribution is 6.29. The van der Waals surface area contributed by atoms with Crippen LogP contribution in [-0.4, -0.2) is 22.3 Å². The van der Waals surface area contributed by atoms with Crippen LogP contribution in [0.2, 0.25) is 5.15 Å². The predicted molar refractivity (Wildman–Crippen MR) is 85.3 cm³/mol. The number of carbonyl (C=O) groups excluding carboxylic acids is 1. The summed E-state index contributed by atoms with van der Waals surface area (Å²) in [6, 6.07) is 12.4. The zero-order valence-corrected chi connectivity index (χ0v) is 12.6. The largest absolute Gasteiger partial charge is 0.331 e. The van der Waals surface area contributed by atoms with Crippen LogP contribution in [0.5, 0.6) is 0 Å². The molecule has 1 aromatic heterocycles. The van der Waals surface area contributed by atoms with Gasteiger partial charge in [0.15, 0.2) is 0 Å². The molecule has 0 saturated carbocycles. The van der Waals surface area contributed by atoms with E-state index in [1.807, 2.05) is 6.07 Å². The fourth-order valence-corrected chi connectivity index (χ4v) is 2.23. The van der Waals surface area contributed by atoms with Crippen molar-refractivity contribution < 1.29 is 4.79 Å². The number of nitriles is 1. The van der Waals surface area contributed by atoms with Crippen LogP contribution in [0, 0.1) is 11.3 Å². The zero-order valence-electron chi connectivity index (χ0n) is 11.9. The normalized spacial score (nSPS) is 9.82. The number of carbonyl (C=O) groups is 1. The van der Waals surface area contributed by atoms with Crippen molar-refractivity contribution in [2.75, 3.05) is 6.54 Å². The molecule has 22 heavy (non-hydrogen) atoms. The van der Waals surface area contributed by atoms with Crippen molar-refractivity contribution in [2.45, 2.75) is 6.54 Å². The van der Waals surface area contributed by atoms with E-state index < -0.39 is 0 Å². The van der Waals surface area contributed by atoms with Crippen molar-refractivity contribution in [1.82, 2.24) is 9.88 Å². The number of pyridine rings is 1. The van der Waals surface area contributed by atoms with Crippen molar-refractivity contribution in [3.63, 3.8) is 0 Å². The van der Waals surface area contributed by atoms with E-state index in [0.29, 0.717) is 24.2 Å². The highest BCUT2D eigenvalue weighted by Crippen LogP contribution is 2.14. The Morgan fingerprint density at radius 1 is 1.41 bits per heavy atom. The topological polar surface area (TPSA) is 57.0 Å². The molecule has 0 fully saturated rings. The molecule has 1 aromatic carbocycles. The molecule has 0 saturated heterocycles. The van der Waals surface area contributed by atoms with Gasteiger partial charge in [0.2, 0.25) is 0 Å². The Balaban J connectivity index is 2.24. The van der Waals surface area contributed by atoms with Crippen LogP contribution in [0.4, 0.5) is 0 Å².